The van der Waals surface area contributed by atoms with E-state index in [4.69, 9.17) is 0 Å². The lowest BCUT2D eigenvalue weighted by molar-refractivity contribution is -0.118. The van der Waals surface area contributed by atoms with Crippen LogP contribution in [0.3, 0.4) is 0 Å². The molecule has 1 rings (SSSR count). The van der Waals surface area contributed by atoms with E-state index in [-0.39, 0.29) is 16.3 Å². The monoisotopic (exact) mass is 302 g/mol. The van der Waals surface area contributed by atoms with Gasteiger partial charge in [0.15, 0.2) is 0 Å². The van der Waals surface area contributed by atoms with Gasteiger partial charge in [-0.1, -0.05) is 0 Å². The zero-order valence-electron chi connectivity index (χ0n) is 9.22. The highest BCUT2D eigenvalue weighted by Gasteiger charge is 2.07. The highest BCUT2D eigenvalue weighted by molar-refractivity contribution is 9.10. The largest absolute Gasteiger partial charge is 0.355 e. The van der Waals surface area contributed by atoms with Crippen LogP contribution in [0.15, 0.2) is 22.7 Å². The lowest BCUT2D eigenvalue weighted by Crippen LogP contribution is -2.33. The summed E-state index contributed by atoms with van der Waals surface area (Å²) in [5.41, 5.74) is 0.362. The predicted molar refractivity (Wildman–Crippen MR) is 65.1 cm³/mol. The molecule has 6 heteroatoms. The topological polar surface area (TPSA) is 58.2 Å². The lowest BCUT2D eigenvalue weighted by atomic mass is 10.2. The number of carbonyl (C=O) groups excluding carboxylic acids is 2. The molecule has 0 radical (unpaired) electrons. The van der Waals surface area contributed by atoms with Crippen LogP contribution in [0, 0.1) is 5.82 Å². The van der Waals surface area contributed by atoms with Gasteiger partial charge in [-0.2, -0.15) is 0 Å². The van der Waals surface area contributed by atoms with Gasteiger partial charge in [0, 0.05) is 25.6 Å². The first kappa shape index (κ1) is 13.6. The minimum atomic E-state index is -0.417. The molecule has 0 aliphatic heterocycles. The van der Waals surface area contributed by atoms with E-state index in [9.17, 15) is 14.0 Å². The number of hydrogen-bond acceptors (Lipinski definition) is 2. The van der Waals surface area contributed by atoms with E-state index >= 15 is 0 Å². The van der Waals surface area contributed by atoms with Gasteiger partial charge in [-0.15, -0.1) is 0 Å². The molecule has 0 unspecified atom stereocenters. The molecule has 0 aliphatic rings. The van der Waals surface area contributed by atoms with Gasteiger partial charge in [0.1, 0.15) is 5.82 Å². The third-order valence-electron chi connectivity index (χ3n) is 1.97. The van der Waals surface area contributed by atoms with Crippen LogP contribution in [0.1, 0.15) is 17.3 Å². The van der Waals surface area contributed by atoms with Gasteiger partial charge in [0.25, 0.3) is 5.91 Å². The molecule has 2 amide bonds. The molecule has 0 saturated heterocycles. The van der Waals surface area contributed by atoms with Crippen molar-refractivity contribution in [1.29, 1.82) is 0 Å². The van der Waals surface area contributed by atoms with Gasteiger partial charge in [0.2, 0.25) is 5.91 Å². The minimum absolute atomic E-state index is 0.149. The van der Waals surface area contributed by atoms with Crippen molar-refractivity contribution in [3.05, 3.63) is 34.1 Å². The van der Waals surface area contributed by atoms with Crippen molar-refractivity contribution < 1.29 is 14.0 Å². The first-order valence-corrected chi connectivity index (χ1v) is 5.77. The molecule has 0 aliphatic carbocycles. The van der Waals surface area contributed by atoms with E-state index in [1.54, 1.807) is 0 Å². The Morgan fingerprint density at radius 1 is 1.29 bits per heavy atom. The highest BCUT2D eigenvalue weighted by atomic mass is 79.9. The van der Waals surface area contributed by atoms with Crippen LogP contribution in [-0.2, 0) is 4.79 Å². The molecule has 1 aromatic rings. The molecular formula is C11H12BrFN2O2. The lowest BCUT2D eigenvalue weighted by Gasteiger charge is -2.06. The molecule has 2 N–H and O–H groups in total. The second-order valence-electron chi connectivity index (χ2n) is 3.37. The first-order chi connectivity index (χ1) is 8.00. The van der Waals surface area contributed by atoms with Crippen molar-refractivity contribution in [3.63, 3.8) is 0 Å². The van der Waals surface area contributed by atoms with E-state index in [0.29, 0.717) is 18.7 Å². The summed E-state index contributed by atoms with van der Waals surface area (Å²) in [6, 6.07) is 4.02. The van der Waals surface area contributed by atoms with Crippen LogP contribution < -0.4 is 10.6 Å². The van der Waals surface area contributed by atoms with Gasteiger partial charge in [0.05, 0.1) is 4.47 Å². The van der Waals surface area contributed by atoms with Crippen molar-refractivity contribution >= 4 is 27.7 Å². The van der Waals surface area contributed by atoms with Crippen molar-refractivity contribution in [2.75, 3.05) is 13.1 Å². The van der Waals surface area contributed by atoms with Crippen molar-refractivity contribution in [3.8, 4) is 0 Å². The summed E-state index contributed by atoms with van der Waals surface area (Å²) in [5, 5.41) is 5.15. The van der Waals surface area contributed by atoms with E-state index in [2.05, 4.69) is 26.6 Å². The van der Waals surface area contributed by atoms with Gasteiger partial charge in [-0.3, -0.25) is 9.59 Å². The quantitative estimate of drug-likeness (QED) is 0.827. The zero-order chi connectivity index (χ0) is 12.8. The summed E-state index contributed by atoms with van der Waals surface area (Å²) in [5.74, 6) is -0.875. The number of nitrogens with one attached hydrogen (secondary N) is 2. The maximum atomic E-state index is 12.9. The average Bonchev–Trinajstić information content (AvgIpc) is 2.27. The smallest absolute Gasteiger partial charge is 0.251 e. The van der Waals surface area contributed by atoms with Crippen LogP contribution in [0.25, 0.3) is 0 Å². The molecule has 92 valence electrons. The molecule has 1 aromatic carbocycles. The van der Waals surface area contributed by atoms with Gasteiger partial charge >= 0.3 is 0 Å². The Morgan fingerprint density at radius 3 is 2.53 bits per heavy atom. The summed E-state index contributed by atoms with van der Waals surface area (Å²) in [6.45, 7) is 2.09. The molecular weight excluding hydrogens is 291 g/mol. The summed E-state index contributed by atoms with van der Waals surface area (Å²) >= 11 is 3.00. The van der Waals surface area contributed by atoms with Crippen LogP contribution in [-0.4, -0.2) is 24.9 Å². The maximum Gasteiger partial charge on any atom is 0.251 e. The summed E-state index contributed by atoms with van der Waals surface area (Å²) in [4.78, 5) is 22.2. The van der Waals surface area contributed by atoms with Gasteiger partial charge in [-0.05, 0) is 34.1 Å². The molecule has 0 atom stereocenters. The van der Waals surface area contributed by atoms with E-state index in [0.717, 1.165) is 0 Å². The Kier molecular flexibility index (Phi) is 5.09. The molecule has 0 fully saturated rings. The molecule has 4 nitrogen and oxygen atoms in total. The van der Waals surface area contributed by atoms with Crippen LogP contribution >= 0.6 is 15.9 Å². The predicted octanol–water partition coefficient (Wildman–Crippen LogP) is 1.45. The number of rotatable bonds is 4. The third-order valence-corrected chi connectivity index (χ3v) is 2.57. The Morgan fingerprint density at radius 2 is 1.94 bits per heavy atom. The molecule has 17 heavy (non-hydrogen) atoms. The third kappa shape index (κ3) is 4.52. The number of carbonyl (C=O) groups is 2. The van der Waals surface area contributed by atoms with Crippen molar-refractivity contribution in [1.82, 2.24) is 10.6 Å². The van der Waals surface area contributed by atoms with E-state index in [1.165, 1.54) is 25.1 Å². The maximum absolute atomic E-state index is 12.9. The van der Waals surface area contributed by atoms with Crippen LogP contribution in [0.4, 0.5) is 4.39 Å². The standard InChI is InChI=1S/C11H12BrFN2O2/c1-7(16)14-4-5-15-11(17)8-2-3-10(13)9(12)6-8/h2-3,6H,4-5H2,1H3,(H,14,16)(H,15,17). The Hall–Kier alpha value is -1.43. The molecule has 0 spiro atoms. The SMILES string of the molecule is CC(=O)NCCNC(=O)c1ccc(F)c(Br)c1. The fourth-order valence-electron chi connectivity index (χ4n) is 1.15. The summed E-state index contributed by atoms with van der Waals surface area (Å²) < 4.78 is 13.2. The normalized spacial score (nSPS) is 9.82. The van der Waals surface area contributed by atoms with E-state index in [1.807, 2.05) is 0 Å². The molecule has 0 heterocycles. The van der Waals surface area contributed by atoms with E-state index < -0.39 is 5.82 Å². The average molecular weight is 303 g/mol. The summed E-state index contributed by atoms with van der Waals surface area (Å²) in [6.07, 6.45) is 0. The Labute approximate surface area is 107 Å². The number of halogens is 2. The number of benzene rings is 1. The van der Waals surface area contributed by atoms with Crippen molar-refractivity contribution in [2.24, 2.45) is 0 Å². The van der Waals surface area contributed by atoms with Crippen molar-refractivity contribution in [2.45, 2.75) is 6.92 Å². The summed E-state index contributed by atoms with van der Waals surface area (Å²) in [7, 11) is 0. The Bertz CT molecular complexity index is 437. The number of hydrogen-bond donors (Lipinski definition) is 2. The van der Waals surface area contributed by atoms with Gasteiger partial charge < -0.3 is 10.6 Å². The highest BCUT2D eigenvalue weighted by Crippen LogP contribution is 2.16. The second kappa shape index (κ2) is 6.34. The minimum Gasteiger partial charge on any atom is -0.355 e. The molecule has 0 saturated carbocycles. The second-order valence-corrected chi connectivity index (χ2v) is 4.22. The number of amides is 2. The van der Waals surface area contributed by atoms with Crippen LogP contribution in [0.5, 0.6) is 0 Å². The molecule has 0 bridgehead atoms. The van der Waals surface area contributed by atoms with Crippen LogP contribution in [0.2, 0.25) is 0 Å². The Balaban J connectivity index is 2.47. The first-order valence-electron chi connectivity index (χ1n) is 4.98. The van der Waals surface area contributed by atoms with Gasteiger partial charge in [-0.25, -0.2) is 4.39 Å². The molecule has 0 aromatic heterocycles. The fourth-order valence-corrected chi connectivity index (χ4v) is 1.53. The zero-order valence-corrected chi connectivity index (χ0v) is 10.8. The fraction of sp³-hybridized carbons (Fsp3) is 0.273.